The number of hydrogen-bond donors (Lipinski definition) is 1. The number of aryl methyl sites for hydroxylation is 1. The van der Waals surface area contributed by atoms with E-state index in [1.807, 2.05) is 0 Å². The van der Waals surface area contributed by atoms with E-state index < -0.39 is 11.9 Å². The molecule has 0 aliphatic carbocycles. The van der Waals surface area contributed by atoms with E-state index in [1.165, 1.54) is 24.3 Å². The van der Waals surface area contributed by atoms with Crippen LogP contribution in [0, 0.1) is 18.6 Å². The van der Waals surface area contributed by atoms with Crippen molar-refractivity contribution in [2.24, 2.45) is 5.73 Å². The van der Waals surface area contributed by atoms with Gasteiger partial charge in [-0.15, -0.1) is 0 Å². The zero-order chi connectivity index (χ0) is 14.2. The number of halogens is 4. The van der Waals surface area contributed by atoms with Crippen LogP contribution < -0.4 is 5.73 Å². The highest BCUT2D eigenvalue weighted by Crippen LogP contribution is 2.31. The van der Waals surface area contributed by atoms with Gasteiger partial charge in [0, 0.05) is 10.0 Å². The molecule has 0 radical (unpaired) electrons. The van der Waals surface area contributed by atoms with Gasteiger partial charge in [-0.25, -0.2) is 8.78 Å². The van der Waals surface area contributed by atoms with Crippen LogP contribution in [0.2, 0.25) is 5.02 Å². The van der Waals surface area contributed by atoms with Gasteiger partial charge in [0.1, 0.15) is 11.6 Å². The van der Waals surface area contributed by atoms with Gasteiger partial charge < -0.3 is 5.73 Å². The molecule has 2 rings (SSSR count). The predicted octanol–water partition coefficient (Wildman–Crippen LogP) is 4.74. The summed E-state index contributed by atoms with van der Waals surface area (Å²) in [6, 6.07) is 6.30. The molecule has 1 unspecified atom stereocenters. The Balaban J connectivity index is 2.49. The Morgan fingerprint density at radius 2 is 1.84 bits per heavy atom. The van der Waals surface area contributed by atoms with E-state index in [4.69, 9.17) is 17.3 Å². The summed E-state index contributed by atoms with van der Waals surface area (Å²) in [5, 5.41) is 0.381. The van der Waals surface area contributed by atoms with Crippen LogP contribution in [-0.2, 0) is 0 Å². The van der Waals surface area contributed by atoms with Gasteiger partial charge in [-0.3, -0.25) is 0 Å². The molecule has 0 aliphatic heterocycles. The van der Waals surface area contributed by atoms with Crippen molar-refractivity contribution in [2.75, 3.05) is 0 Å². The van der Waals surface area contributed by atoms with Crippen LogP contribution >= 0.6 is 27.5 Å². The van der Waals surface area contributed by atoms with Crippen LogP contribution in [0.15, 0.2) is 34.8 Å². The molecule has 2 N–H and O–H groups in total. The molecule has 19 heavy (non-hydrogen) atoms. The molecule has 0 amide bonds. The van der Waals surface area contributed by atoms with Crippen LogP contribution in [0.5, 0.6) is 0 Å². The van der Waals surface area contributed by atoms with Crippen molar-refractivity contribution in [3.8, 4) is 0 Å². The predicted molar refractivity (Wildman–Crippen MR) is 76.3 cm³/mol. The quantitative estimate of drug-likeness (QED) is 0.781. The molecule has 0 aliphatic rings. The minimum Gasteiger partial charge on any atom is -0.320 e. The maximum Gasteiger partial charge on any atom is 0.129 e. The maximum atomic E-state index is 13.9. The average Bonchev–Trinajstić information content (AvgIpc) is 2.33. The van der Waals surface area contributed by atoms with Gasteiger partial charge in [0.2, 0.25) is 0 Å². The van der Waals surface area contributed by atoms with E-state index in [9.17, 15) is 8.78 Å². The summed E-state index contributed by atoms with van der Waals surface area (Å²) in [5.41, 5.74) is 7.67. The molecule has 0 aromatic heterocycles. The minimum atomic E-state index is -0.689. The highest BCUT2D eigenvalue weighted by atomic mass is 79.9. The fraction of sp³-hybridized carbons (Fsp3) is 0.143. The fourth-order valence-corrected chi connectivity index (χ4v) is 2.42. The van der Waals surface area contributed by atoms with Crippen LogP contribution in [0.1, 0.15) is 22.7 Å². The second kappa shape index (κ2) is 5.57. The van der Waals surface area contributed by atoms with Crippen molar-refractivity contribution >= 4 is 27.5 Å². The lowest BCUT2D eigenvalue weighted by Gasteiger charge is -2.16. The molecule has 0 heterocycles. The first-order valence-electron chi connectivity index (χ1n) is 5.56. The van der Waals surface area contributed by atoms with E-state index in [0.29, 0.717) is 20.6 Å². The monoisotopic (exact) mass is 345 g/mol. The number of hydrogen-bond acceptors (Lipinski definition) is 1. The molecule has 0 saturated carbocycles. The third-order valence-electron chi connectivity index (χ3n) is 2.94. The Morgan fingerprint density at radius 3 is 2.47 bits per heavy atom. The van der Waals surface area contributed by atoms with Crippen molar-refractivity contribution in [1.82, 2.24) is 0 Å². The highest BCUT2D eigenvalue weighted by Gasteiger charge is 2.17. The van der Waals surface area contributed by atoms with Crippen LogP contribution in [0.4, 0.5) is 8.78 Å². The molecule has 0 fully saturated rings. The first-order valence-corrected chi connectivity index (χ1v) is 6.73. The summed E-state index contributed by atoms with van der Waals surface area (Å²) >= 11 is 9.10. The van der Waals surface area contributed by atoms with Gasteiger partial charge in [0.25, 0.3) is 0 Å². The zero-order valence-corrected chi connectivity index (χ0v) is 12.4. The summed E-state index contributed by atoms with van der Waals surface area (Å²) in [6.07, 6.45) is 0. The Kier molecular flexibility index (Phi) is 4.23. The summed E-state index contributed by atoms with van der Waals surface area (Å²) in [6.45, 7) is 1.73. The van der Waals surface area contributed by atoms with Gasteiger partial charge in [0.15, 0.2) is 0 Å². The molecule has 100 valence electrons. The molecule has 2 aromatic rings. The third kappa shape index (κ3) is 2.96. The minimum absolute atomic E-state index is 0.280. The van der Waals surface area contributed by atoms with Crippen molar-refractivity contribution in [1.29, 1.82) is 0 Å². The van der Waals surface area contributed by atoms with Gasteiger partial charge in [-0.2, -0.15) is 0 Å². The van der Waals surface area contributed by atoms with Crippen LogP contribution in [-0.4, -0.2) is 0 Å². The largest absolute Gasteiger partial charge is 0.320 e. The lowest BCUT2D eigenvalue weighted by atomic mass is 9.95. The summed E-state index contributed by atoms with van der Waals surface area (Å²) < 4.78 is 27.5. The molecule has 0 spiro atoms. The number of benzene rings is 2. The Labute approximate surface area is 123 Å². The summed E-state index contributed by atoms with van der Waals surface area (Å²) in [5.74, 6) is -0.796. The second-order valence-corrected chi connectivity index (χ2v) is 5.53. The topological polar surface area (TPSA) is 26.0 Å². The smallest absolute Gasteiger partial charge is 0.129 e. The molecular formula is C14H11BrClF2N. The normalized spacial score (nSPS) is 12.5. The average molecular weight is 347 g/mol. The van der Waals surface area contributed by atoms with Crippen molar-refractivity contribution in [2.45, 2.75) is 13.0 Å². The highest BCUT2D eigenvalue weighted by molar-refractivity contribution is 9.10. The van der Waals surface area contributed by atoms with E-state index in [0.717, 1.165) is 0 Å². The van der Waals surface area contributed by atoms with Gasteiger partial charge >= 0.3 is 0 Å². The molecule has 1 atom stereocenters. The lowest BCUT2D eigenvalue weighted by Crippen LogP contribution is -2.15. The van der Waals surface area contributed by atoms with Crippen molar-refractivity contribution in [3.05, 3.63) is 68.2 Å². The standard InChI is InChI=1S/C14H11BrClF2N/c1-7-4-8(17)2-3-9(7)14(19)10-5-12(16)11(15)6-13(10)18/h2-6,14H,19H2,1H3. The SMILES string of the molecule is Cc1cc(F)ccc1C(N)c1cc(Cl)c(Br)cc1F. The van der Waals surface area contributed by atoms with E-state index in [1.54, 1.807) is 13.0 Å². The number of nitrogens with two attached hydrogens (primary N) is 1. The molecular weight excluding hydrogens is 336 g/mol. The van der Waals surface area contributed by atoms with E-state index >= 15 is 0 Å². The van der Waals surface area contributed by atoms with E-state index in [-0.39, 0.29) is 11.4 Å². The Morgan fingerprint density at radius 1 is 1.16 bits per heavy atom. The van der Waals surface area contributed by atoms with Crippen molar-refractivity contribution < 1.29 is 8.78 Å². The number of rotatable bonds is 2. The molecule has 5 heteroatoms. The first kappa shape index (κ1) is 14.4. The summed E-state index contributed by atoms with van der Waals surface area (Å²) in [4.78, 5) is 0. The molecule has 0 saturated heterocycles. The van der Waals surface area contributed by atoms with Crippen molar-refractivity contribution in [3.63, 3.8) is 0 Å². The van der Waals surface area contributed by atoms with E-state index in [2.05, 4.69) is 15.9 Å². The Hall–Kier alpha value is -0.970. The Bertz CT molecular complexity index is 631. The maximum absolute atomic E-state index is 13.9. The second-order valence-electron chi connectivity index (χ2n) is 4.27. The van der Waals surface area contributed by atoms with Crippen LogP contribution in [0.25, 0.3) is 0 Å². The molecule has 0 bridgehead atoms. The summed E-state index contributed by atoms with van der Waals surface area (Å²) in [7, 11) is 0. The van der Waals surface area contributed by atoms with Gasteiger partial charge in [-0.05, 0) is 58.2 Å². The van der Waals surface area contributed by atoms with Crippen LogP contribution in [0.3, 0.4) is 0 Å². The first-order chi connectivity index (χ1) is 8.90. The fourth-order valence-electron chi connectivity index (χ4n) is 1.93. The zero-order valence-electron chi connectivity index (χ0n) is 10.1. The molecule has 1 nitrogen and oxygen atoms in total. The molecule has 2 aromatic carbocycles. The van der Waals surface area contributed by atoms with Gasteiger partial charge in [0.05, 0.1) is 11.1 Å². The lowest BCUT2D eigenvalue weighted by molar-refractivity contribution is 0.597. The third-order valence-corrected chi connectivity index (χ3v) is 4.14. The van der Waals surface area contributed by atoms with Gasteiger partial charge in [-0.1, -0.05) is 17.7 Å².